The van der Waals surface area contributed by atoms with Gasteiger partial charge < -0.3 is 20.5 Å². The molecular weight excluding hydrogens is 422 g/mol. The zero-order valence-electron chi connectivity index (χ0n) is 16.5. The van der Waals surface area contributed by atoms with E-state index >= 15 is 0 Å². The lowest BCUT2D eigenvalue weighted by Crippen LogP contribution is -2.58. The number of carbonyl (C=O) groups excluding carboxylic acids is 2. The Morgan fingerprint density at radius 2 is 1.97 bits per heavy atom. The topological polar surface area (TPSA) is 90.1 Å². The Morgan fingerprint density at radius 3 is 2.73 bits per heavy atom. The number of fused-ring (bicyclic) bond motifs is 2. The molecule has 0 unspecified atom stereocenters. The van der Waals surface area contributed by atoms with Crippen molar-refractivity contribution in [2.45, 2.75) is 37.9 Å². The van der Waals surface area contributed by atoms with Crippen LogP contribution in [0.3, 0.4) is 0 Å². The van der Waals surface area contributed by atoms with Crippen molar-refractivity contribution in [1.82, 2.24) is 25.5 Å². The number of amides is 2. The Labute approximate surface area is 182 Å². The molecule has 9 heteroatoms. The molecule has 0 radical (unpaired) electrons. The van der Waals surface area contributed by atoms with Gasteiger partial charge in [0.2, 0.25) is 0 Å². The number of H-pyrrole nitrogens is 1. The molecular formula is C21H22ClN5O2S. The van der Waals surface area contributed by atoms with E-state index in [1.165, 1.54) is 16.2 Å². The van der Waals surface area contributed by atoms with Crippen molar-refractivity contribution in [2.75, 3.05) is 13.6 Å². The number of nitrogens with one attached hydrogen (secondary N) is 3. The average Bonchev–Trinajstić information content (AvgIpc) is 3.32. The first-order valence-electron chi connectivity index (χ1n) is 10.0. The molecule has 2 aromatic heterocycles. The summed E-state index contributed by atoms with van der Waals surface area (Å²) in [5, 5.41) is 8.11. The number of likely N-dealkylation sites (N-methyl/N-ethyl adjacent to an activating group) is 1. The fourth-order valence-electron chi connectivity index (χ4n) is 3.97. The Hall–Kier alpha value is -2.42. The van der Waals surface area contributed by atoms with Gasteiger partial charge in [-0.25, -0.2) is 4.98 Å². The van der Waals surface area contributed by atoms with E-state index < -0.39 is 0 Å². The predicted molar refractivity (Wildman–Crippen MR) is 117 cm³/mol. The molecule has 1 aliphatic carbocycles. The molecule has 0 spiro atoms. The van der Waals surface area contributed by atoms with Gasteiger partial charge in [0.1, 0.15) is 5.69 Å². The van der Waals surface area contributed by atoms with Crippen molar-refractivity contribution in [3.8, 4) is 0 Å². The van der Waals surface area contributed by atoms with Crippen LogP contribution < -0.4 is 10.6 Å². The molecule has 156 valence electrons. The lowest BCUT2D eigenvalue weighted by molar-refractivity contribution is 0.0826. The predicted octanol–water partition coefficient (Wildman–Crippen LogP) is 2.96. The van der Waals surface area contributed by atoms with E-state index in [1.807, 2.05) is 12.1 Å². The normalized spacial score (nSPS) is 21.1. The quantitative estimate of drug-likeness (QED) is 0.578. The van der Waals surface area contributed by atoms with E-state index in [9.17, 15) is 9.59 Å². The lowest BCUT2D eigenvalue weighted by atomic mass is 9.86. The van der Waals surface area contributed by atoms with Crippen molar-refractivity contribution in [3.63, 3.8) is 0 Å². The summed E-state index contributed by atoms with van der Waals surface area (Å²) in [6, 6.07) is 7.09. The van der Waals surface area contributed by atoms with E-state index in [2.05, 4.69) is 32.5 Å². The number of benzene rings is 1. The molecule has 7 nitrogen and oxygen atoms in total. The third-order valence-corrected chi connectivity index (χ3v) is 7.17. The third-order valence-electron chi connectivity index (χ3n) is 5.85. The minimum Gasteiger partial charge on any atom is -0.351 e. The van der Waals surface area contributed by atoms with E-state index in [0.717, 1.165) is 48.9 Å². The van der Waals surface area contributed by atoms with Gasteiger partial charge in [0.25, 0.3) is 11.8 Å². The number of hydrogen-bond acceptors (Lipinski definition) is 5. The Morgan fingerprint density at radius 1 is 1.20 bits per heavy atom. The lowest BCUT2D eigenvalue weighted by Gasteiger charge is -2.37. The minimum atomic E-state index is -0.181. The van der Waals surface area contributed by atoms with Gasteiger partial charge in [-0.2, -0.15) is 0 Å². The summed E-state index contributed by atoms with van der Waals surface area (Å²) < 4.78 is 0. The summed E-state index contributed by atoms with van der Waals surface area (Å²) in [7, 11) is 2.08. The first-order chi connectivity index (χ1) is 14.5. The first kappa shape index (κ1) is 19.5. The molecule has 5 rings (SSSR count). The Balaban J connectivity index is 1.22. The van der Waals surface area contributed by atoms with Gasteiger partial charge in [-0.15, -0.1) is 11.3 Å². The second-order valence-electron chi connectivity index (χ2n) is 8.03. The minimum absolute atomic E-state index is 0.0797. The summed E-state index contributed by atoms with van der Waals surface area (Å²) in [4.78, 5) is 36.4. The number of aromatic nitrogens is 2. The highest BCUT2D eigenvalue weighted by atomic mass is 35.5. The zero-order valence-corrected chi connectivity index (χ0v) is 18.1. The fourth-order valence-corrected chi connectivity index (χ4v) is 5.24. The van der Waals surface area contributed by atoms with Gasteiger partial charge in [0, 0.05) is 52.4 Å². The molecule has 3 N–H and O–H groups in total. The maximum atomic E-state index is 12.7. The van der Waals surface area contributed by atoms with Crippen LogP contribution in [-0.2, 0) is 13.0 Å². The summed E-state index contributed by atoms with van der Waals surface area (Å²) in [5.41, 5.74) is 2.39. The van der Waals surface area contributed by atoms with E-state index in [1.54, 1.807) is 12.1 Å². The average molecular weight is 444 g/mol. The Bertz CT molecular complexity index is 1140. The van der Waals surface area contributed by atoms with Crippen LogP contribution in [0.15, 0.2) is 24.3 Å². The smallest absolute Gasteiger partial charge is 0.280 e. The van der Waals surface area contributed by atoms with Crippen LogP contribution >= 0.6 is 22.9 Å². The summed E-state index contributed by atoms with van der Waals surface area (Å²) in [6.07, 6.45) is 2.56. The first-order valence-corrected chi connectivity index (χ1v) is 11.2. The van der Waals surface area contributed by atoms with Crippen LogP contribution in [0.5, 0.6) is 0 Å². The van der Waals surface area contributed by atoms with Crippen LogP contribution in [0.4, 0.5) is 0 Å². The highest BCUT2D eigenvalue weighted by molar-refractivity contribution is 7.13. The van der Waals surface area contributed by atoms with E-state index in [0.29, 0.717) is 15.7 Å². The number of aromatic amines is 1. The van der Waals surface area contributed by atoms with Crippen molar-refractivity contribution < 1.29 is 9.59 Å². The molecule has 1 aromatic carbocycles. The van der Waals surface area contributed by atoms with Gasteiger partial charge in [-0.3, -0.25) is 9.59 Å². The van der Waals surface area contributed by atoms with Gasteiger partial charge >= 0.3 is 0 Å². The molecule has 0 saturated heterocycles. The van der Waals surface area contributed by atoms with Crippen LogP contribution in [-0.4, -0.2) is 52.4 Å². The van der Waals surface area contributed by atoms with Crippen LogP contribution in [0, 0.1) is 0 Å². The summed E-state index contributed by atoms with van der Waals surface area (Å²) >= 11 is 7.49. The second-order valence-corrected chi connectivity index (χ2v) is 9.55. The molecule has 3 aromatic rings. The molecule has 1 aliphatic heterocycles. The van der Waals surface area contributed by atoms with Crippen LogP contribution in [0.25, 0.3) is 10.9 Å². The number of halogens is 1. The van der Waals surface area contributed by atoms with E-state index in [4.69, 9.17) is 11.6 Å². The second kappa shape index (κ2) is 7.68. The van der Waals surface area contributed by atoms with Crippen molar-refractivity contribution in [1.29, 1.82) is 0 Å². The van der Waals surface area contributed by atoms with Crippen LogP contribution in [0.2, 0.25) is 5.02 Å². The van der Waals surface area contributed by atoms with Crippen LogP contribution in [0.1, 0.15) is 43.7 Å². The molecule has 3 heterocycles. The summed E-state index contributed by atoms with van der Waals surface area (Å²) in [6.45, 7) is 1.81. The number of thiazole rings is 1. The number of rotatable bonds is 4. The maximum Gasteiger partial charge on any atom is 0.280 e. The zero-order chi connectivity index (χ0) is 20.8. The monoisotopic (exact) mass is 443 g/mol. The van der Waals surface area contributed by atoms with Gasteiger partial charge in [0.05, 0.1) is 5.69 Å². The molecule has 2 atom stereocenters. The highest BCUT2D eigenvalue weighted by Crippen LogP contribution is 2.26. The maximum absolute atomic E-state index is 12.7. The number of nitrogens with zero attached hydrogens (tertiary/aromatic N) is 2. The van der Waals surface area contributed by atoms with Crippen molar-refractivity contribution in [3.05, 3.63) is 50.6 Å². The number of hydrogen-bond donors (Lipinski definition) is 3. The van der Waals surface area contributed by atoms with Crippen molar-refractivity contribution >= 4 is 45.7 Å². The molecule has 1 saturated carbocycles. The third kappa shape index (κ3) is 3.71. The Kier molecular flexibility index (Phi) is 5.00. The van der Waals surface area contributed by atoms with Gasteiger partial charge in [0.15, 0.2) is 5.01 Å². The molecule has 2 aliphatic rings. The van der Waals surface area contributed by atoms with Gasteiger partial charge in [-0.1, -0.05) is 11.6 Å². The molecule has 0 bridgehead atoms. The van der Waals surface area contributed by atoms with E-state index in [-0.39, 0.29) is 23.9 Å². The van der Waals surface area contributed by atoms with Crippen molar-refractivity contribution in [2.24, 2.45) is 0 Å². The summed E-state index contributed by atoms with van der Waals surface area (Å²) in [5.74, 6) is -0.333. The molecule has 30 heavy (non-hydrogen) atoms. The number of carbonyl (C=O) groups is 2. The standard InChI is InChI=1S/C21H22ClN5O2S/c1-27-7-6-16-18(10-27)30-21(26-16)20(29)25-15-5-4-14(15)24-19(28)17-9-11-8-12(22)2-3-13(11)23-17/h2-3,8-9,14-15,23H,4-7,10H2,1H3,(H,24,28)(H,25,29)/t14-,15-/m0/s1. The molecule has 2 amide bonds. The fraction of sp³-hybridized carbons (Fsp3) is 0.381. The highest BCUT2D eigenvalue weighted by Gasteiger charge is 2.34. The molecule has 1 fully saturated rings. The van der Waals surface area contributed by atoms with Gasteiger partial charge in [-0.05, 0) is 44.2 Å². The largest absolute Gasteiger partial charge is 0.351 e. The SMILES string of the molecule is CN1CCc2nc(C(=O)N[C@H]3CC[C@@H]3NC(=O)c3cc4cc(Cl)ccc4[nH]3)sc2C1.